The van der Waals surface area contributed by atoms with E-state index >= 15 is 0 Å². The summed E-state index contributed by atoms with van der Waals surface area (Å²) in [5.41, 5.74) is 0.414. The summed E-state index contributed by atoms with van der Waals surface area (Å²) in [6, 6.07) is 9.69. The van der Waals surface area contributed by atoms with Gasteiger partial charge in [-0.15, -0.1) is 0 Å². The van der Waals surface area contributed by atoms with E-state index < -0.39 is 16.4 Å². The first-order valence-corrected chi connectivity index (χ1v) is 6.66. The summed E-state index contributed by atoms with van der Waals surface area (Å²) in [5.74, 6) is -0.000556. The third kappa shape index (κ3) is 3.73. The number of ether oxygens (including phenoxy) is 1. The largest absolute Gasteiger partial charge is 0.867 e. The fourth-order valence-corrected chi connectivity index (χ4v) is 2.07. The number of rotatable bonds is 5. The third-order valence-electron chi connectivity index (χ3n) is 2.90. The van der Waals surface area contributed by atoms with Crippen molar-refractivity contribution in [3.63, 3.8) is 0 Å². The highest BCUT2D eigenvalue weighted by atomic mass is 35.5. The molecule has 6 nitrogen and oxygen atoms in total. The molecule has 0 radical (unpaired) electrons. The first-order valence-electron chi connectivity index (χ1n) is 6.29. The minimum absolute atomic E-state index is 0.0853. The van der Waals surface area contributed by atoms with E-state index in [0.29, 0.717) is 12.3 Å². The van der Waals surface area contributed by atoms with Crippen molar-refractivity contribution < 1.29 is 14.8 Å². The number of aliphatic imine (C=N–C) groups is 1. The maximum Gasteiger partial charge on any atom is 0.263 e. The first-order chi connectivity index (χ1) is 10.5. The zero-order chi connectivity index (χ0) is 16.1. The Labute approximate surface area is 131 Å². The van der Waals surface area contributed by atoms with Crippen molar-refractivity contribution in [2.24, 2.45) is 4.99 Å². The molecule has 0 unspecified atom stereocenters. The molecular formula is C15H12ClN2O4-. The highest BCUT2D eigenvalue weighted by Gasteiger charge is 2.11. The van der Waals surface area contributed by atoms with Gasteiger partial charge in [0.2, 0.25) is 0 Å². The lowest BCUT2D eigenvalue weighted by molar-refractivity contribution is -0.398. The van der Waals surface area contributed by atoms with Crippen LogP contribution < -0.4 is 9.84 Å². The van der Waals surface area contributed by atoms with Crippen LogP contribution in [-0.4, -0.2) is 18.2 Å². The van der Waals surface area contributed by atoms with Crippen LogP contribution in [0.1, 0.15) is 11.1 Å². The van der Waals surface area contributed by atoms with Crippen molar-refractivity contribution in [1.29, 1.82) is 0 Å². The van der Waals surface area contributed by atoms with Crippen molar-refractivity contribution >= 4 is 23.5 Å². The maximum absolute atomic E-state index is 11.9. The monoisotopic (exact) mass is 319 g/mol. The van der Waals surface area contributed by atoms with Crippen LogP contribution >= 0.6 is 11.6 Å². The molecule has 0 aliphatic heterocycles. The zero-order valence-electron chi connectivity index (χ0n) is 11.7. The highest BCUT2D eigenvalue weighted by molar-refractivity contribution is 6.31. The Bertz CT molecular complexity index is 731. The molecule has 0 bridgehead atoms. The number of benzene rings is 2. The van der Waals surface area contributed by atoms with E-state index in [1.165, 1.54) is 12.3 Å². The molecule has 0 heterocycles. The summed E-state index contributed by atoms with van der Waals surface area (Å²) in [6.45, 7) is 0.316. The Morgan fingerprint density at radius 1 is 1.36 bits per heavy atom. The fourth-order valence-electron chi connectivity index (χ4n) is 1.85. The van der Waals surface area contributed by atoms with Gasteiger partial charge in [0.25, 0.3) is 5.69 Å². The highest BCUT2D eigenvalue weighted by Crippen LogP contribution is 2.30. The van der Waals surface area contributed by atoms with Gasteiger partial charge in [0.1, 0.15) is 5.75 Å². The number of nitro benzene ring substituents is 1. The van der Waals surface area contributed by atoms with Crippen LogP contribution in [0.3, 0.4) is 0 Å². The Kier molecular flexibility index (Phi) is 4.95. The Morgan fingerprint density at radius 2 is 2.14 bits per heavy atom. The van der Waals surface area contributed by atoms with Gasteiger partial charge in [-0.25, -0.2) is 0 Å². The van der Waals surface area contributed by atoms with Gasteiger partial charge in [-0.2, -0.15) is 0 Å². The maximum atomic E-state index is 11.9. The van der Waals surface area contributed by atoms with Crippen LogP contribution in [0.25, 0.3) is 0 Å². The number of methoxy groups -OCH3 is 1. The SMILES string of the molecule is COc1cccc(CN=Cc2cc(Cl)cc([N+](=O)[O-])c2[O-])c1. The summed E-state index contributed by atoms with van der Waals surface area (Å²) in [6.07, 6.45) is 1.29. The molecule has 0 fully saturated rings. The second-order valence-corrected chi connectivity index (χ2v) is 4.86. The number of nitrogens with zero attached hydrogens (tertiary/aromatic N) is 2. The average molecular weight is 320 g/mol. The van der Waals surface area contributed by atoms with Gasteiger partial charge in [0.05, 0.1) is 18.6 Å². The summed E-state index contributed by atoms with van der Waals surface area (Å²) in [5, 5.41) is 22.8. The molecule has 0 N–H and O–H groups in total. The Balaban J connectivity index is 2.21. The van der Waals surface area contributed by atoms with E-state index in [4.69, 9.17) is 16.3 Å². The lowest BCUT2D eigenvalue weighted by Gasteiger charge is -2.10. The quantitative estimate of drug-likeness (QED) is 0.481. The van der Waals surface area contributed by atoms with E-state index in [1.807, 2.05) is 24.3 Å². The second-order valence-electron chi connectivity index (χ2n) is 4.42. The van der Waals surface area contributed by atoms with Crippen LogP contribution in [0.2, 0.25) is 5.02 Å². The lowest BCUT2D eigenvalue weighted by Crippen LogP contribution is -2.02. The van der Waals surface area contributed by atoms with Gasteiger partial charge in [0.15, 0.2) is 0 Å². The molecular weight excluding hydrogens is 308 g/mol. The van der Waals surface area contributed by atoms with E-state index in [-0.39, 0.29) is 10.6 Å². The standard InChI is InChI=1S/C15H13ClN2O4/c1-22-13-4-2-3-10(5-13)8-17-9-11-6-12(16)7-14(15(11)19)18(20)21/h2-7,9,19H,8H2,1H3/p-1. The number of halogens is 1. The molecule has 114 valence electrons. The second kappa shape index (κ2) is 6.91. The van der Waals surface area contributed by atoms with E-state index in [0.717, 1.165) is 11.6 Å². The normalized spacial score (nSPS) is 10.8. The van der Waals surface area contributed by atoms with Crippen molar-refractivity contribution in [2.75, 3.05) is 7.11 Å². The number of nitro groups is 1. The Hall–Kier alpha value is -2.60. The van der Waals surface area contributed by atoms with Gasteiger partial charge >= 0.3 is 0 Å². The molecule has 22 heavy (non-hydrogen) atoms. The molecule has 0 saturated heterocycles. The molecule has 0 aromatic heterocycles. The molecule has 7 heteroatoms. The van der Waals surface area contributed by atoms with Crippen LogP contribution in [0.15, 0.2) is 41.4 Å². The van der Waals surface area contributed by atoms with E-state index in [9.17, 15) is 15.2 Å². The van der Waals surface area contributed by atoms with Gasteiger partial charge < -0.3 is 9.84 Å². The summed E-state index contributed by atoms with van der Waals surface area (Å²) in [7, 11) is 1.57. The zero-order valence-corrected chi connectivity index (χ0v) is 12.4. The summed E-state index contributed by atoms with van der Waals surface area (Å²) in [4.78, 5) is 14.2. The molecule has 0 spiro atoms. The molecule has 0 atom stereocenters. The van der Waals surface area contributed by atoms with Crippen molar-refractivity contribution in [3.05, 3.63) is 62.7 Å². The van der Waals surface area contributed by atoms with Crippen LogP contribution in [0.4, 0.5) is 5.69 Å². The van der Waals surface area contributed by atoms with Crippen LogP contribution in [0.5, 0.6) is 11.5 Å². The van der Waals surface area contributed by atoms with Gasteiger partial charge in [-0.1, -0.05) is 23.7 Å². The minimum atomic E-state index is -0.756. The molecule has 0 aliphatic rings. The first kappa shape index (κ1) is 15.8. The van der Waals surface area contributed by atoms with E-state index in [1.54, 1.807) is 7.11 Å². The smallest absolute Gasteiger partial charge is 0.263 e. The number of hydrogen-bond acceptors (Lipinski definition) is 5. The van der Waals surface area contributed by atoms with E-state index in [2.05, 4.69) is 4.99 Å². The molecule has 2 aromatic rings. The summed E-state index contributed by atoms with van der Waals surface area (Å²) < 4.78 is 5.10. The molecule has 0 amide bonds. The molecule has 0 aliphatic carbocycles. The topological polar surface area (TPSA) is 87.8 Å². The third-order valence-corrected chi connectivity index (χ3v) is 3.12. The molecule has 0 saturated carbocycles. The van der Waals surface area contributed by atoms with Gasteiger partial charge in [0, 0.05) is 17.3 Å². The van der Waals surface area contributed by atoms with Crippen molar-refractivity contribution in [2.45, 2.75) is 6.54 Å². The molecule has 2 rings (SSSR count). The fraction of sp³-hybridized carbons (Fsp3) is 0.133. The van der Waals surface area contributed by atoms with Crippen LogP contribution in [-0.2, 0) is 6.54 Å². The molecule has 2 aromatic carbocycles. The predicted octanol–water partition coefficient (Wildman–Crippen LogP) is 2.95. The van der Waals surface area contributed by atoms with Gasteiger partial charge in [-0.05, 0) is 35.1 Å². The predicted molar refractivity (Wildman–Crippen MR) is 81.8 cm³/mol. The van der Waals surface area contributed by atoms with Crippen LogP contribution in [0, 0.1) is 10.1 Å². The minimum Gasteiger partial charge on any atom is -0.867 e. The number of hydrogen-bond donors (Lipinski definition) is 0. The lowest BCUT2D eigenvalue weighted by atomic mass is 10.2. The van der Waals surface area contributed by atoms with Gasteiger partial charge in [-0.3, -0.25) is 15.1 Å². The average Bonchev–Trinajstić information content (AvgIpc) is 2.50. The summed E-state index contributed by atoms with van der Waals surface area (Å²) >= 11 is 5.78. The Morgan fingerprint density at radius 3 is 2.82 bits per heavy atom. The van der Waals surface area contributed by atoms with Crippen molar-refractivity contribution in [3.8, 4) is 11.5 Å². The van der Waals surface area contributed by atoms with Crippen molar-refractivity contribution in [1.82, 2.24) is 0 Å².